The summed E-state index contributed by atoms with van der Waals surface area (Å²) in [4.78, 5) is 13.5. The van der Waals surface area contributed by atoms with Gasteiger partial charge in [-0.15, -0.1) is 0 Å². The molecule has 2 aromatic rings. The second kappa shape index (κ2) is 6.44. The van der Waals surface area contributed by atoms with E-state index in [1.54, 1.807) is 17.9 Å². The van der Waals surface area contributed by atoms with E-state index in [1.807, 2.05) is 0 Å². The van der Waals surface area contributed by atoms with Gasteiger partial charge in [-0.25, -0.2) is 17.2 Å². The minimum absolute atomic E-state index is 0.0270. The molecule has 8 heteroatoms. The highest BCUT2D eigenvalue weighted by molar-refractivity contribution is 7.92. The lowest BCUT2D eigenvalue weighted by atomic mass is 10.2. The Morgan fingerprint density at radius 2 is 1.96 bits per heavy atom. The molecule has 0 radical (unpaired) electrons. The van der Waals surface area contributed by atoms with Gasteiger partial charge in [0, 0.05) is 24.7 Å². The molecule has 3 rings (SSSR count). The molecule has 5 nitrogen and oxygen atoms in total. The van der Waals surface area contributed by atoms with E-state index in [0.29, 0.717) is 31.1 Å². The number of amides is 1. The van der Waals surface area contributed by atoms with Gasteiger partial charge in [0.2, 0.25) is 5.91 Å². The van der Waals surface area contributed by atoms with Crippen molar-refractivity contribution in [1.82, 2.24) is 0 Å². The van der Waals surface area contributed by atoms with Crippen molar-refractivity contribution >= 4 is 27.3 Å². The van der Waals surface area contributed by atoms with E-state index in [1.165, 1.54) is 12.1 Å². The molecule has 2 aromatic carbocycles. The molecule has 1 aliphatic heterocycles. The molecule has 0 unspecified atom stereocenters. The molecule has 0 bridgehead atoms. The number of carbonyl (C=O) groups is 1. The minimum Gasteiger partial charge on any atom is -0.312 e. The first kappa shape index (κ1) is 17.3. The summed E-state index contributed by atoms with van der Waals surface area (Å²) in [6, 6.07) is 7.02. The predicted octanol–water partition coefficient (Wildman–Crippen LogP) is 3.06. The quantitative estimate of drug-likeness (QED) is 0.904. The third-order valence-corrected chi connectivity index (χ3v) is 5.40. The molecular weight excluding hydrogens is 350 g/mol. The van der Waals surface area contributed by atoms with Gasteiger partial charge in [-0.3, -0.25) is 9.52 Å². The predicted molar refractivity (Wildman–Crippen MR) is 90.0 cm³/mol. The van der Waals surface area contributed by atoms with Crippen molar-refractivity contribution in [3.8, 4) is 0 Å². The van der Waals surface area contributed by atoms with Crippen molar-refractivity contribution in [2.45, 2.75) is 24.7 Å². The molecule has 1 amide bonds. The first-order valence-electron chi connectivity index (χ1n) is 7.73. The number of nitrogens with zero attached hydrogens (tertiary/aromatic N) is 1. The van der Waals surface area contributed by atoms with Gasteiger partial charge in [0.05, 0.1) is 10.6 Å². The first-order chi connectivity index (χ1) is 11.8. The second-order valence-corrected chi connectivity index (χ2v) is 7.35. The minimum atomic E-state index is -4.03. The van der Waals surface area contributed by atoms with Gasteiger partial charge in [-0.2, -0.15) is 0 Å². The maximum absolute atomic E-state index is 13.7. The Balaban J connectivity index is 1.90. The highest BCUT2D eigenvalue weighted by Crippen LogP contribution is 2.31. The second-order valence-electron chi connectivity index (χ2n) is 5.67. The standard InChI is InChI=1S/C17H16F2N2O3S/c1-2-17(22)21-8-7-11-9-13(4-6-16(11)21)25(23,24)20-15-5-3-12(18)10-14(15)19/h3-6,9-10,20H,2,7-8H2,1H3. The molecule has 0 aliphatic carbocycles. The Hall–Kier alpha value is -2.48. The fourth-order valence-corrected chi connectivity index (χ4v) is 3.89. The zero-order valence-electron chi connectivity index (χ0n) is 13.4. The number of hydrogen-bond acceptors (Lipinski definition) is 3. The van der Waals surface area contributed by atoms with Crippen LogP contribution in [0.2, 0.25) is 0 Å². The van der Waals surface area contributed by atoms with E-state index < -0.39 is 21.7 Å². The Labute approximate surface area is 144 Å². The van der Waals surface area contributed by atoms with Gasteiger partial charge in [-0.1, -0.05) is 6.92 Å². The summed E-state index contributed by atoms with van der Waals surface area (Å²) < 4.78 is 53.7. The summed E-state index contributed by atoms with van der Waals surface area (Å²) in [6.45, 7) is 2.27. The Bertz CT molecular complexity index is 945. The molecule has 1 N–H and O–H groups in total. The van der Waals surface area contributed by atoms with Crippen molar-refractivity contribution in [2.75, 3.05) is 16.2 Å². The van der Waals surface area contributed by atoms with Gasteiger partial charge in [0.25, 0.3) is 10.0 Å². The third-order valence-electron chi connectivity index (χ3n) is 4.04. The molecule has 0 saturated heterocycles. The van der Waals surface area contributed by atoms with Crippen LogP contribution in [0.15, 0.2) is 41.3 Å². The van der Waals surface area contributed by atoms with Crippen LogP contribution in [0.25, 0.3) is 0 Å². The fourth-order valence-electron chi connectivity index (χ4n) is 2.77. The Kier molecular flexibility index (Phi) is 4.47. The monoisotopic (exact) mass is 366 g/mol. The van der Waals surface area contributed by atoms with Crippen LogP contribution < -0.4 is 9.62 Å². The zero-order chi connectivity index (χ0) is 18.2. The SMILES string of the molecule is CCC(=O)N1CCc2cc(S(=O)(=O)Nc3ccc(F)cc3F)ccc21. The highest BCUT2D eigenvalue weighted by atomic mass is 32.2. The van der Waals surface area contributed by atoms with Gasteiger partial charge >= 0.3 is 0 Å². The lowest BCUT2D eigenvalue weighted by Gasteiger charge is -2.16. The van der Waals surface area contributed by atoms with Crippen molar-refractivity contribution < 1.29 is 22.0 Å². The van der Waals surface area contributed by atoms with Crippen LogP contribution in [0.5, 0.6) is 0 Å². The number of sulfonamides is 1. The van der Waals surface area contributed by atoms with Crippen LogP contribution in [-0.2, 0) is 21.2 Å². The van der Waals surface area contributed by atoms with Gasteiger partial charge in [0.1, 0.15) is 11.6 Å². The number of benzene rings is 2. The van der Waals surface area contributed by atoms with Crippen LogP contribution >= 0.6 is 0 Å². The summed E-state index contributed by atoms with van der Waals surface area (Å²) in [5.41, 5.74) is 1.10. The van der Waals surface area contributed by atoms with E-state index in [-0.39, 0.29) is 16.5 Å². The maximum Gasteiger partial charge on any atom is 0.261 e. The van der Waals surface area contributed by atoms with Crippen molar-refractivity contribution in [1.29, 1.82) is 0 Å². The van der Waals surface area contributed by atoms with Crippen molar-refractivity contribution in [3.63, 3.8) is 0 Å². The number of carbonyl (C=O) groups excluding carboxylic acids is 1. The highest BCUT2D eigenvalue weighted by Gasteiger charge is 2.26. The molecular formula is C17H16F2N2O3S. The normalized spacial score (nSPS) is 13.6. The molecule has 25 heavy (non-hydrogen) atoms. The average molecular weight is 366 g/mol. The molecule has 0 fully saturated rings. The zero-order valence-corrected chi connectivity index (χ0v) is 14.2. The smallest absolute Gasteiger partial charge is 0.261 e. The van der Waals surface area contributed by atoms with E-state index in [0.717, 1.165) is 17.7 Å². The molecule has 0 spiro atoms. The number of rotatable bonds is 4. The maximum atomic E-state index is 13.7. The van der Waals surface area contributed by atoms with E-state index in [2.05, 4.69) is 4.72 Å². The van der Waals surface area contributed by atoms with Gasteiger partial charge in [0.15, 0.2) is 0 Å². The van der Waals surface area contributed by atoms with Gasteiger partial charge in [-0.05, 0) is 42.3 Å². The lowest BCUT2D eigenvalue weighted by molar-refractivity contribution is -0.118. The van der Waals surface area contributed by atoms with Crippen molar-refractivity contribution in [3.05, 3.63) is 53.6 Å². The van der Waals surface area contributed by atoms with Crippen LogP contribution in [0, 0.1) is 11.6 Å². The molecule has 0 atom stereocenters. The molecule has 1 heterocycles. The molecule has 1 aliphatic rings. The fraction of sp³-hybridized carbons (Fsp3) is 0.235. The van der Waals surface area contributed by atoms with Gasteiger partial charge < -0.3 is 4.90 Å². The summed E-state index contributed by atoms with van der Waals surface area (Å²) in [5.74, 6) is -1.82. The van der Waals surface area contributed by atoms with E-state index in [9.17, 15) is 22.0 Å². The summed E-state index contributed by atoms with van der Waals surface area (Å²) >= 11 is 0. The lowest BCUT2D eigenvalue weighted by Crippen LogP contribution is -2.27. The number of fused-ring (bicyclic) bond motifs is 1. The summed E-state index contributed by atoms with van der Waals surface area (Å²) in [6.07, 6.45) is 0.917. The topological polar surface area (TPSA) is 66.5 Å². The molecule has 0 aromatic heterocycles. The van der Waals surface area contributed by atoms with Crippen LogP contribution in [-0.4, -0.2) is 20.9 Å². The number of hydrogen-bond donors (Lipinski definition) is 1. The first-order valence-corrected chi connectivity index (χ1v) is 9.21. The van der Waals surface area contributed by atoms with E-state index in [4.69, 9.17) is 0 Å². The molecule has 0 saturated carbocycles. The van der Waals surface area contributed by atoms with Crippen LogP contribution in [0.4, 0.5) is 20.2 Å². The largest absolute Gasteiger partial charge is 0.312 e. The Morgan fingerprint density at radius 1 is 1.20 bits per heavy atom. The van der Waals surface area contributed by atoms with Crippen molar-refractivity contribution in [2.24, 2.45) is 0 Å². The average Bonchev–Trinajstić information content (AvgIpc) is 3.00. The number of halogens is 2. The molecule has 132 valence electrons. The number of anilines is 2. The van der Waals surface area contributed by atoms with E-state index >= 15 is 0 Å². The third kappa shape index (κ3) is 3.34. The summed E-state index contributed by atoms with van der Waals surface area (Å²) in [7, 11) is -4.03. The van der Waals surface area contributed by atoms with Crippen LogP contribution in [0.1, 0.15) is 18.9 Å². The van der Waals surface area contributed by atoms with Crippen LogP contribution in [0.3, 0.4) is 0 Å². The summed E-state index contributed by atoms with van der Waals surface area (Å²) in [5, 5.41) is 0. The number of nitrogens with one attached hydrogen (secondary N) is 1. The Morgan fingerprint density at radius 3 is 2.64 bits per heavy atom.